The lowest BCUT2D eigenvalue weighted by Gasteiger charge is -2.25. The van der Waals surface area contributed by atoms with Crippen LogP contribution in [0.5, 0.6) is 0 Å². The van der Waals surface area contributed by atoms with Gasteiger partial charge >= 0.3 is 0 Å². The van der Waals surface area contributed by atoms with E-state index >= 15 is 0 Å². The van der Waals surface area contributed by atoms with Gasteiger partial charge in [-0.3, -0.25) is 4.79 Å². The van der Waals surface area contributed by atoms with Crippen LogP contribution in [0.25, 0.3) is 0 Å². The van der Waals surface area contributed by atoms with Crippen molar-refractivity contribution >= 4 is 50.5 Å². The van der Waals surface area contributed by atoms with Crippen LogP contribution in [0.3, 0.4) is 0 Å². The molecule has 0 unspecified atom stereocenters. The molecule has 1 heterocycles. The maximum absolute atomic E-state index is 12.7. The second kappa shape index (κ2) is 8.69. The van der Waals surface area contributed by atoms with Gasteiger partial charge in [-0.2, -0.15) is 4.31 Å². The first-order chi connectivity index (χ1) is 13.3. The van der Waals surface area contributed by atoms with Crippen molar-refractivity contribution in [1.29, 1.82) is 0 Å². The molecule has 3 rings (SSSR count). The van der Waals surface area contributed by atoms with Gasteiger partial charge in [-0.25, -0.2) is 8.42 Å². The Balaban J connectivity index is 1.66. The number of nitrogens with one attached hydrogen (secondary N) is 1. The summed E-state index contributed by atoms with van der Waals surface area (Å²) in [4.78, 5) is 12.5. The highest BCUT2D eigenvalue weighted by molar-refractivity contribution is 7.89. The zero-order valence-corrected chi connectivity index (χ0v) is 17.4. The van der Waals surface area contributed by atoms with Crippen LogP contribution in [0.2, 0.25) is 10.0 Å². The number of sulfonamides is 1. The summed E-state index contributed by atoms with van der Waals surface area (Å²) >= 11 is 11.9. The maximum atomic E-state index is 12.7. The Morgan fingerprint density at radius 3 is 2.18 bits per heavy atom. The van der Waals surface area contributed by atoms with E-state index in [2.05, 4.69) is 5.32 Å². The highest BCUT2D eigenvalue weighted by Crippen LogP contribution is 2.31. The lowest BCUT2D eigenvalue weighted by molar-refractivity contribution is -0.115. The summed E-state index contributed by atoms with van der Waals surface area (Å²) in [5.41, 5.74) is 7.08. The van der Waals surface area contributed by atoms with Crippen LogP contribution in [0.1, 0.15) is 24.8 Å². The molecule has 6 nitrogen and oxygen atoms in total. The molecule has 0 spiro atoms. The Morgan fingerprint density at radius 2 is 1.61 bits per heavy atom. The highest BCUT2D eigenvalue weighted by atomic mass is 35.5. The Bertz CT molecular complexity index is 949. The second-order valence-electron chi connectivity index (χ2n) is 6.69. The third kappa shape index (κ3) is 4.78. The number of piperidine rings is 1. The Labute approximate surface area is 174 Å². The monoisotopic (exact) mass is 441 g/mol. The molecule has 2 aromatic carbocycles. The zero-order chi connectivity index (χ0) is 20.3. The summed E-state index contributed by atoms with van der Waals surface area (Å²) in [6, 6.07) is 9.44. The van der Waals surface area contributed by atoms with E-state index in [1.165, 1.54) is 16.4 Å². The van der Waals surface area contributed by atoms with E-state index in [9.17, 15) is 13.2 Å². The van der Waals surface area contributed by atoms with Crippen molar-refractivity contribution in [2.75, 3.05) is 24.1 Å². The number of nitrogen functional groups attached to an aromatic ring is 1. The Kier molecular flexibility index (Phi) is 6.50. The van der Waals surface area contributed by atoms with Crippen LogP contribution >= 0.6 is 23.2 Å². The molecule has 1 amide bonds. The van der Waals surface area contributed by atoms with Gasteiger partial charge in [-0.05, 0) is 42.7 Å². The molecule has 28 heavy (non-hydrogen) atoms. The van der Waals surface area contributed by atoms with Gasteiger partial charge < -0.3 is 11.1 Å². The summed E-state index contributed by atoms with van der Waals surface area (Å²) in [5.74, 6) is -0.274. The van der Waals surface area contributed by atoms with E-state index in [0.717, 1.165) is 19.3 Å². The second-order valence-corrected chi connectivity index (χ2v) is 9.44. The molecule has 0 saturated carbocycles. The van der Waals surface area contributed by atoms with Crippen molar-refractivity contribution < 1.29 is 13.2 Å². The number of hydrogen-bond acceptors (Lipinski definition) is 4. The summed E-state index contributed by atoms with van der Waals surface area (Å²) in [5, 5.41) is 3.22. The Hall–Kier alpha value is -1.80. The average molecular weight is 442 g/mol. The van der Waals surface area contributed by atoms with E-state index in [1.807, 2.05) is 0 Å². The van der Waals surface area contributed by atoms with Gasteiger partial charge in [0.25, 0.3) is 0 Å². The Morgan fingerprint density at radius 1 is 1.04 bits per heavy atom. The number of anilines is 2. The number of halogens is 2. The van der Waals surface area contributed by atoms with Crippen LogP contribution in [-0.4, -0.2) is 31.7 Å². The molecule has 0 atom stereocenters. The third-order valence-electron chi connectivity index (χ3n) is 4.60. The molecule has 0 aliphatic carbocycles. The molecule has 0 bridgehead atoms. The minimum Gasteiger partial charge on any atom is -0.396 e. The first-order valence-corrected chi connectivity index (χ1v) is 11.1. The molecule has 1 aliphatic heterocycles. The summed E-state index contributed by atoms with van der Waals surface area (Å²) in [6.07, 6.45) is 2.92. The first kappa shape index (κ1) is 20.9. The number of amides is 1. The van der Waals surface area contributed by atoms with E-state index in [1.54, 1.807) is 24.3 Å². The fraction of sp³-hybridized carbons (Fsp3) is 0.316. The van der Waals surface area contributed by atoms with Crippen molar-refractivity contribution in [2.45, 2.75) is 30.6 Å². The number of benzene rings is 2. The maximum Gasteiger partial charge on any atom is 0.243 e. The summed E-state index contributed by atoms with van der Waals surface area (Å²) in [6.45, 7) is 1.11. The predicted molar refractivity (Wildman–Crippen MR) is 112 cm³/mol. The number of hydrogen-bond donors (Lipinski definition) is 2. The van der Waals surface area contributed by atoms with E-state index in [4.69, 9.17) is 28.9 Å². The fourth-order valence-electron chi connectivity index (χ4n) is 3.08. The van der Waals surface area contributed by atoms with Gasteiger partial charge in [-0.1, -0.05) is 41.8 Å². The molecule has 3 N–H and O–H groups in total. The lowest BCUT2D eigenvalue weighted by atomic mass is 10.1. The van der Waals surface area contributed by atoms with Crippen molar-refractivity contribution in [1.82, 2.24) is 4.31 Å². The van der Waals surface area contributed by atoms with Crippen molar-refractivity contribution in [3.63, 3.8) is 0 Å². The molecular formula is C19H21Cl2N3O3S. The number of carbonyl (C=O) groups excluding carboxylic acids is 1. The van der Waals surface area contributed by atoms with Crippen LogP contribution in [-0.2, 0) is 21.2 Å². The predicted octanol–water partition coefficient (Wildman–Crippen LogP) is 3.93. The number of nitrogens with two attached hydrogens (primary N) is 1. The molecule has 1 fully saturated rings. The largest absolute Gasteiger partial charge is 0.396 e. The topological polar surface area (TPSA) is 92.5 Å². The molecule has 1 saturated heterocycles. The van der Waals surface area contributed by atoms with Gasteiger partial charge in [0.05, 0.1) is 27.0 Å². The average Bonchev–Trinajstić information content (AvgIpc) is 2.67. The molecule has 150 valence electrons. The molecule has 9 heteroatoms. The van der Waals surface area contributed by atoms with Crippen LogP contribution in [0, 0.1) is 0 Å². The lowest BCUT2D eigenvalue weighted by Crippen LogP contribution is -2.35. The minimum absolute atomic E-state index is 0.0870. The molecule has 0 radical (unpaired) electrons. The van der Waals surface area contributed by atoms with Gasteiger partial charge in [0.2, 0.25) is 15.9 Å². The van der Waals surface area contributed by atoms with Gasteiger partial charge in [0, 0.05) is 18.8 Å². The van der Waals surface area contributed by atoms with Gasteiger partial charge in [0.1, 0.15) is 0 Å². The van der Waals surface area contributed by atoms with Gasteiger partial charge in [0.15, 0.2) is 0 Å². The summed E-state index contributed by atoms with van der Waals surface area (Å²) < 4.78 is 26.8. The smallest absolute Gasteiger partial charge is 0.243 e. The van der Waals surface area contributed by atoms with Crippen molar-refractivity contribution in [3.8, 4) is 0 Å². The zero-order valence-electron chi connectivity index (χ0n) is 15.1. The number of carbonyl (C=O) groups is 1. The minimum atomic E-state index is -3.48. The van der Waals surface area contributed by atoms with E-state index in [-0.39, 0.29) is 33.0 Å². The van der Waals surface area contributed by atoms with Crippen LogP contribution in [0.15, 0.2) is 41.3 Å². The third-order valence-corrected chi connectivity index (χ3v) is 7.14. The molecule has 2 aromatic rings. The normalized spacial score (nSPS) is 15.4. The standard InChI is InChI=1S/C19H21Cl2N3O3S/c20-16-11-14(12-17(21)19(16)22)23-18(25)10-13-4-6-15(7-5-13)28(26,27)24-8-2-1-3-9-24/h4-7,11-12H,1-3,8-10,22H2,(H,23,25). The van der Waals surface area contributed by atoms with Crippen LogP contribution in [0.4, 0.5) is 11.4 Å². The van der Waals surface area contributed by atoms with Crippen molar-refractivity contribution in [3.05, 3.63) is 52.0 Å². The number of rotatable bonds is 5. The quantitative estimate of drug-likeness (QED) is 0.687. The first-order valence-electron chi connectivity index (χ1n) is 8.91. The summed E-state index contributed by atoms with van der Waals surface area (Å²) in [7, 11) is -3.48. The van der Waals surface area contributed by atoms with Gasteiger partial charge in [-0.15, -0.1) is 0 Å². The van der Waals surface area contributed by atoms with E-state index < -0.39 is 10.0 Å². The van der Waals surface area contributed by atoms with E-state index in [0.29, 0.717) is 24.3 Å². The van der Waals surface area contributed by atoms with Crippen LogP contribution < -0.4 is 11.1 Å². The van der Waals surface area contributed by atoms with Crippen molar-refractivity contribution in [2.24, 2.45) is 0 Å². The molecular weight excluding hydrogens is 421 g/mol. The SMILES string of the molecule is Nc1c(Cl)cc(NC(=O)Cc2ccc(S(=O)(=O)N3CCCCC3)cc2)cc1Cl. The molecule has 0 aromatic heterocycles. The molecule has 1 aliphatic rings. The highest BCUT2D eigenvalue weighted by Gasteiger charge is 2.25. The fourth-order valence-corrected chi connectivity index (χ4v) is 5.08. The number of nitrogens with zero attached hydrogens (tertiary/aromatic N) is 1.